The van der Waals surface area contributed by atoms with Crippen molar-refractivity contribution < 1.29 is 13.9 Å². The molecule has 1 amide bonds. The number of fused-ring (bicyclic) bond motifs is 1. The van der Waals surface area contributed by atoms with E-state index in [1.807, 2.05) is 50.2 Å². The van der Waals surface area contributed by atoms with E-state index in [2.05, 4.69) is 41.2 Å². The Morgan fingerprint density at radius 1 is 0.970 bits per heavy atom. The molecule has 0 atom stereocenters. The molecule has 4 rings (SSSR count). The highest BCUT2D eigenvalue weighted by Gasteiger charge is 2.11. The summed E-state index contributed by atoms with van der Waals surface area (Å²) in [5, 5.41) is 2.86. The summed E-state index contributed by atoms with van der Waals surface area (Å²) in [6.45, 7) is 10.2. The van der Waals surface area contributed by atoms with E-state index in [-0.39, 0.29) is 12.5 Å². The van der Waals surface area contributed by atoms with Crippen molar-refractivity contribution in [3.8, 4) is 17.2 Å². The maximum Gasteiger partial charge on any atom is 0.262 e. The average molecular weight is 444 g/mol. The molecule has 0 fully saturated rings. The van der Waals surface area contributed by atoms with Crippen LogP contribution in [0.1, 0.15) is 25.0 Å². The highest BCUT2D eigenvalue weighted by Crippen LogP contribution is 2.28. The molecule has 1 heterocycles. The van der Waals surface area contributed by atoms with Crippen LogP contribution in [0, 0.1) is 13.8 Å². The molecule has 33 heavy (non-hydrogen) atoms. The number of ether oxygens (including phenoxy) is 1. The minimum absolute atomic E-state index is 0.0660. The zero-order valence-electron chi connectivity index (χ0n) is 19.5. The summed E-state index contributed by atoms with van der Waals surface area (Å²) < 4.78 is 11.5. The van der Waals surface area contributed by atoms with E-state index in [0.717, 1.165) is 24.2 Å². The molecule has 0 aliphatic carbocycles. The van der Waals surface area contributed by atoms with Gasteiger partial charge in [0, 0.05) is 30.0 Å². The summed E-state index contributed by atoms with van der Waals surface area (Å²) in [5.74, 6) is 0.998. The first-order valence-electron chi connectivity index (χ1n) is 11.2. The second-order valence-electron chi connectivity index (χ2n) is 8.00. The third-order valence-electron chi connectivity index (χ3n) is 5.76. The van der Waals surface area contributed by atoms with Crippen molar-refractivity contribution in [3.05, 3.63) is 71.8 Å². The lowest BCUT2D eigenvalue weighted by molar-refractivity contribution is -0.118. The van der Waals surface area contributed by atoms with Crippen molar-refractivity contribution in [1.82, 2.24) is 4.98 Å². The maximum atomic E-state index is 12.4. The summed E-state index contributed by atoms with van der Waals surface area (Å²) in [4.78, 5) is 19.3. The van der Waals surface area contributed by atoms with Gasteiger partial charge >= 0.3 is 0 Å². The molecule has 1 aromatic heterocycles. The van der Waals surface area contributed by atoms with Crippen LogP contribution in [0.2, 0.25) is 0 Å². The second-order valence-corrected chi connectivity index (χ2v) is 8.00. The predicted molar refractivity (Wildman–Crippen MR) is 133 cm³/mol. The predicted octanol–water partition coefficient (Wildman–Crippen LogP) is 5.98. The lowest BCUT2D eigenvalue weighted by Crippen LogP contribution is -2.21. The van der Waals surface area contributed by atoms with E-state index in [0.29, 0.717) is 28.4 Å². The van der Waals surface area contributed by atoms with Gasteiger partial charge in [-0.15, -0.1) is 0 Å². The molecule has 170 valence electrons. The highest BCUT2D eigenvalue weighted by atomic mass is 16.5. The van der Waals surface area contributed by atoms with Crippen molar-refractivity contribution in [1.29, 1.82) is 0 Å². The Kier molecular flexibility index (Phi) is 6.63. The van der Waals surface area contributed by atoms with Crippen molar-refractivity contribution in [2.24, 2.45) is 0 Å². The number of amides is 1. The zero-order valence-corrected chi connectivity index (χ0v) is 19.5. The van der Waals surface area contributed by atoms with Crippen LogP contribution >= 0.6 is 0 Å². The molecule has 0 aliphatic heterocycles. The minimum atomic E-state index is -0.233. The van der Waals surface area contributed by atoms with E-state index in [1.165, 1.54) is 11.3 Å². The van der Waals surface area contributed by atoms with Gasteiger partial charge in [-0.05, 0) is 93.4 Å². The molecule has 4 aromatic rings. The van der Waals surface area contributed by atoms with Crippen molar-refractivity contribution in [2.75, 3.05) is 29.9 Å². The number of aromatic nitrogens is 1. The lowest BCUT2D eigenvalue weighted by Gasteiger charge is -2.20. The molecule has 6 nitrogen and oxygen atoms in total. The smallest absolute Gasteiger partial charge is 0.262 e. The van der Waals surface area contributed by atoms with Gasteiger partial charge in [-0.2, -0.15) is 0 Å². The van der Waals surface area contributed by atoms with Crippen LogP contribution in [0.3, 0.4) is 0 Å². The summed E-state index contributed by atoms with van der Waals surface area (Å²) >= 11 is 0. The van der Waals surface area contributed by atoms with Gasteiger partial charge in [0.1, 0.15) is 11.3 Å². The van der Waals surface area contributed by atoms with Crippen molar-refractivity contribution in [2.45, 2.75) is 27.7 Å². The monoisotopic (exact) mass is 443 g/mol. The molecule has 0 aliphatic rings. The number of oxazole rings is 1. The Bertz CT molecular complexity index is 1260. The first-order chi connectivity index (χ1) is 16.0. The van der Waals surface area contributed by atoms with Gasteiger partial charge < -0.3 is 19.4 Å². The van der Waals surface area contributed by atoms with Crippen LogP contribution in [-0.4, -0.2) is 30.6 Å². The Balaban J connectivity index is 1.43. The van der Waals surface area contributed by atoms with Crippen LogP contribution in [0.25, 0.3) is 22.6 Å². The molecular weight excluding hydrogens is 414 g/mol. The number of hydrogen-bond acceptors (Lipinski definition) is 5. The fraction of sp³-hybridized carbons (Fsp3) is 0.259. The molecule has 1 N–H and O–H groups in total. The number of hydrogen-bond donors (Lipinski definition) is 1. The normalized spacial score (nSPS) is 10.9. The Labute approximate surface area is 194 Å². The van der Waals surface area contributed by atoms with Gasteiger partial charge in [0.2, 0.25) is 5.89 Å². The Morgan fingerprint density at radius 3 is 2.42 bits per heavy atom. The second kappa shape index (κ2) is 9.77. The Hall–Kier alpha value is -3.80. The fourth-order valence-electron chi connectivity index (χ4n) is 3.68. The van der Waals surface area contributed by atoms with Crippen LogP contribution in [0.15, 0.2) is 65.1 Å². The molecule has 0 bridgehead atoms. The highest BCUT2D eigenvalue weighted by molar-refractivity contribution is 5.94. The van der Waals surface area contributed by atoms with E-state index in [9.17, 15) is 4.79 Å². The zero-order chi connectivity index (χ0) is 23.4. The number of carbonyl (C=O) groups excluding carboxylic acids is 1. The third kappa shape index (κ3) is 5.17. The van der Waals surface area contributed by atoms with Crippen molar-refractivity contribution >= 4 is 28.4 Å². The summed E-state index contributed by atoms with van der Waals surface area (Å²) in [6, 6.07) is 19.4. The minimum Gasteiger partial charge on any atom is -0.484 e. The quantitative estimate of drug-likeness (QED) is 0.363. The van der Waals surface area contributed by atoms with Crippen LogP contribution in [0.4, 0.5) is 11.4 Å². The standard InChI is InChI=1S/C27H29N3O3/c1-5-30(6-2)22-11-8-20(9-12-22)27-29-24-16-21(10-14-25(24)33-27)28-26(31)17-32-23-13-7-18(3)19(4)15-23/h7-16H,5-6,17H2,1-4H3,(H,28,31). The maximum absolute atomic E-state index is 12.4. The number of nitrogens with one attached hydrogen (secondary N) is 1. The fourth-order valence-corrected chi connectivity index (χ4v) is 3.68. The van der Waals surface area contributed by atoms with E-state index < -0.39 is 0 Å². The van der Waals surface area contributed by atoms with E-state index in [1.54, 1.807) is 12.1 Å². The number of rotatable bonds is 8. The molecule has 0 spiro atoms. The van der Waals surface area contributed by atoms with Gasteiger partial charge in [0.15, 0.2) is 12.2 Å². The van der Waals surface area contributed by atoms with Gasteiger partial charge in [0.25, 0.3) is 5.91 Å². The molecular formula is C27H29N3O3. The first-order valence-corrected chi connectivity index (χ1v) is 11.2. The largest absolute Gasteiger partial charge is 0.484 e. The summed E-state index contributed by atoms with van der Waals surface area (Å²) in [7, 11) is 0. The van der Waals surface area contributed by atoms with Gasteiger partial charge in [-0.25, -0.2) is 4.98 Å². The molecule has 3 aromatic carbocycles. The topological polar surface area (TPSA) is 67.6 Å². The summed E-state index contributed by atoms with van der Waals surface area (Å²) in [5.41, 5.74) is 6.40. The molecule has 0 saturated carbocycles. The number of carbonyl (C=O) groups is 1. The Morgan fingerprint density at radius 2 is 1.73 bits per heavy atom. The first kappa shape index (κ1) is 22.4. The summed E-state index contributed by atoms with van der Waals surface area (Å²) in [6.07, 6.45) is 0. The molecule has 0 unspecified atom stereocenters. The van der Waals surface area contributed by atoms with Crippen LogP contribution < -0.4 is 15.0 Å². The van der Waals surface area contributed by atoms with Crippen molar-refractivity contribution in [3.63, 3.8) is 0 Å². The number of aryl methyl sites for hydroxylation is 2. The SMILES string of the molecule is CCN(CC)c1ccc(-c2nc3cc(NC(=O)COc4ccc(C)c(C)c4)ccc3o2)cc1. The molecule has 6 heteroatoms. The van der Waals surface area contributed by atoms with Gasteiger partial charge in [0.05, 0.1) is 0 Å². The average Bonchev–Trinajstić information content (AvgIpc) is 3.24. The molecule has 0 saturated heterocycles. The third-order valence-corrected chi connectivity index (χ3v) is 5.76. The van der Waals surface area contributed by atoms with E-state index >= 15 is 0 Å². The number of benzene rings is 3. The van der Waals surface area contributed by atoms with Gasteiger partial charge in [-0.3, -0.25) is 4.79 Å². The van der Waals surface area contributed by atoms with Gasteiger partial charge in [-0.1, -0.05) is 6.07 Å². The van der Waals surface area contributed by atoms with Crippen LogP contribution in [0.5, 0.6) is 5.75 Å². The lowest BCUT2D eigenvalue weighted by atomic mass is 10.1. The number of anilines is 2. The molecule has 0 radical (unpaired) electrons. The number of nitrogens with zero attached hydrogens (tertiary/aromatic N) is 2. The van der Waals surface area contributed by atoms with E-state index in [4.69, 9.17) is 9.15 Å². The van der Waals surface area contributed by atoms with Crippen LogP contribution in [-0.2, 0) is 4.79 Å².